The third kappa shape index (κ3) is 3.07. The Hall–Kier alpha value is -3.47. The number of halogens is 1. The summed E-state index contributed by atoms with van der Waals surface area (Å²) >= 11 is 6.40. The van der Waals surface area contributed by atoms with Crippen molar-refractivity contribution < 1.29 is 9.53 Å². The normalized spacial score (nSPS) is 12.9. The van der Waals surface area contributed by atoms with Crippen molar-refractivity contribution in [1.82, 2.24) is 9.78 Å². The number of carbonyl (C=O) groups excluding carboxylic acids is 1. The summed E-state index contributed by atoms with van der Waals surface area (Å²) in [6.07, 6.45) is 1.73. The van der Waals surface area contributed by atoms with E-state index in [9.17, 15) is 4.79 Å². The number of aliphatic imine (C=N–C) groups is 1. The van der Waals surface area contributed by atoms with Crippen LogP contribution >= 0.6 is 11.6 Å². The van der Waals surface area contributed by atoms with Crippen LogP contribution < -0.4 is 10.5 Å². The van der Waals surface area contributed by atoms with Gasteiger partial charge in [-0.3, -0.25) is 14.5 Å². The molecule has 2 aromatic carbocycles. The highest BCUT2D eigenvalue weighted by atomic mass is 35.5. The molecule has 8 heteroatoms. The maximum Gasteiger partial charge on any atom is 0.218 e. The Bertz CT molecular complexity index is 1250. The summed E-state index contributed by atoms with van der Waals surface area (Å²) in [6.45, 7) is 8.00. The molecule has 0 spiro atoms. The molecule has 0 fully saturated rings. The highest BCUT2D eigenvalue weighted by Gasteiger charge is 2.23. The Labute approximate surface area is 178 Å². The van der Waals surface area contributed by atoms with Gasteiger partial charge in [-0.05, 0) is 17.7 Å². The van der Waals surface area contributed by atoms with Crippen LogP contribution in [0.5, 0.6) is 5.75 Å². The molecule has 0 unspecified atom stereocenters. The van der Waals surface area contributed by atoms with E-state index in [1.165, 1.54) is 7.11 Å². The fourth-order valence-electron chi connectivity index (χ4n) is 3.68. The van der Waals surface area contributed by atoms with Gasteiger partial charge in [0, 0.05) is 35.8 Å². The number of hydrogen-bond acceptors (Lipinski definition) is 5. The Morgan fingerprint density at radius 2 is 2.00 bits per heavy atom. The molecule has 7 nitrogen and oxygen atoms in total. The van der Waals surface area contributed by atoms with Gasteiger partial charge in [0.15, 0.2) is 5.78 Å². The fourth-order valence-corrected chi connectivity index (χ4v) is 3.96. The van der Waals surface area contributed by atoms with Gasteiger partial charge in [-0.1, -0.05) is 29.8 Å². The topological polar surface area (TPSA) is 86.9 Å². The predicted molar refractivity (Wildman–Crippen MR) is 117 cm³/mol. The lowest BCUT2D eigenvalue weighted by Gasteiger charge is -2.17. The second kappa shape index (κ2) is 7.75. The molecule has 0 saturated heterocycles. The van der Waals surface area contributed by atoms with E-state index in [2.05, 4.69) is 14.9 Å². The first kappa shape index (κ1) is 19.8. The average molecular weight is 420 g/mol. The first-order chi connectivity index (χ1) is 14.5. The maximum absolute atomic E-state index is 12.2. The number of rotatable bonds is 4. The summed E-state index contributed by atoms with van der Waals surface area (Å²) in [4.78, 5) is 20.2. The fraction of sp³-hybridized carbons (Fsp3) is 0.182. The van der Waals surface area contributed by atoms with Gasteiger partial charge in [-0.2, -0.15) is 5.10 Å². The maximum atomic E-state index is 12.2. The van der Waals surface area contributed by atoms with Crippen LogP contribution in [-0.4, -0.2) is 41.5 Å². The van der Waals surface area contributed by atoms with Crippen molar-refractivity contribution in [2.45, 2.75) is 0 Å². The average Bonchev–Trinajstić information content (AvgIpc) is 3.14. The molecule has 1 aromatic heterocycles. The zero-order valence-electron chi connectivity index (χ0n) is 16.4. The summed E-state index contributed by atoms with van der Waals surface area (Å²) in [5.74, 6) is 0.406. The number of aryl methyl sites for hydroxylation is 1. The molecule has 0 radical (unpaired) electrons. The van der Waals surface area contributed by atoms with Crippen LogP contribution in [0.2, 0.25) is 5.02 Å². The Morgan fingerprint density at radius 3 is 2.70 bits per heavy atom. The number of methoxy groups -OCH3 is 1. The van der Waals surface area contributed by atoms with E-state index < -0.39 is 0 Å². The summed E-state index contributed by atoms with van der Waals surface area (Å²) in [7, 11) is 3.31. The Morgan fingerprint density at radius 1 is 1.23 bits per heavy atom. The van der Waals surface area contributed by atoms with Gasteiger partial charge < -0.3 is 10.5 Å². The standard InChI is InChI=1S/C22H18ClN5O2/c1-25-21-14(6-7-19(30-3)20(21)23)22-16(10-27-28(22)2)12-4-5-13-15(8-12)17(9-24)26-11-18(13)29/h4-8,10H,9,11,24H2,2-3H3. The number of fused-ring (bicyclic) bond motifs is 1. The van der Waals surface area contributed by atoms with Crippen LogP contribution in [0.4, 0.5) is 5.69 Å². The van der Waals surface area contributed by atoms with Crippen molar-refractivity contribution in [3.8, 4) is 28.1 Å². The van der Waals surface area contributed by atoms with E-state index in [0.717, 1.165) is 22.4 Å². The van der Waals surface area contributed by atoms with Crippen molar-refractivity contribution >= 4 is 28.8 Å². The van der Waals surface area contributed by atoms with E-state index in [-0.39, 0.29) is 23.9 Å². The van der Waals surface area contributed by atoms with Crippen LogP contribution in [0.25, 0.3) is 27.2 Å². The number of aromatic nitrogens is 2. The molecule has 150 valence electrons. The first-order valence-corrected chi connectivity index (χ1v) is 9.55. The zero-order valence-corrected chi connectivity index (χ0v) is 17.2. The van der Waals surface area contributed by atoms with Crippen molar-refractivity contribution in [2.24, 2.45) is 17.8 Å². The third-order valence-electron chi connectivity index (χ3n) is 5.16. The lowest BCUT2D eigenvalue weighted by atomic mass is 9.91. The van der Waals surface area contributed by atoms with E-state index in [1.807, 2.05) is 12.1 Å². The van der Waals surface area contributed by atoms with Crippen molar-refractivity contribution in [3.63, 3.8) is 0 Å². The SMILES string of the molecule is [C-]#[N+]c1c(-c2c(-c3ccc4c(c3)C(CN)=NCC4=O)cnn2C)ccc(OC)c1Cl. The molecular formula is C22H18ClN5O2. The minimum atomic E-state index is -0.0302. The molecule has 3 aromatic rings. The molecule has 0 amide bonds. The Kier molecular flexibility index (Phi) is 5.12. The quantitative estimate of drug-likeness (QED) is 0.649. The van der Waals surface area contributed by atoms with Crippen molar-refractivity contribution in [2.75, 3.05) is 20.2 Å². The number of nitrogens with two attached hydrogens (primary N) is 1. The molecule has 2 heterocycles. The molecule has 1 aliphatic heterocycles. The van der Waals surface area contributed by atoms with Crippen LogP contribution in [0, 0.1) is 6.57 Å². The second-order valence-corrected chi connectivity index (χ2v) is 7.15. The third-order valence-corrected chi connectivity index (χ3v) is 5.52. The lowest BCUT2D eigenvalue weighted by molar-refractivity contribution is 0.1000. The minimum Gasteiger partial charge on any atom is -0.497 e. The highest BCUT2D eigenvalue weighted by molar-refractivity contribution is 6.35. The van der Waals surface area contributed by atoms with Crippen LogP contribution in [-0.2, 0) is 7.05 Å². The molecule has 30 heavy (non-hydrogen) atoms. The zero-order chi connectivity index (χ0) is 21.4. The first-order valence-electron chi connectivity index (χ1n) is 9.17. The summed E-state index contributed by atoms with van der Waals surface area (Å²) < 4.78 is 6.95. The molecule has 0 atom stereocenters. The highest BCUT2D eigenvalue weighted by Crippen LogP contribution is 2.44. The number of nitrogens with zero attached hydrogens (tertiary/aromatic N) is 4. The molecule has 0 saturated carbocycles. The number of benzene rings is 2. The molecule has 1 aliphatic rings. The van der Waals surface area contributed by atoms with Gasteiger partial charge in [-0.15, -0.1) is 0 Å². The van der Waals surface area contributed by atoms with Gasteiger partial charge in [0.2, 0.25) is 5.69 Å². The van der Waals surface area contributed by atoms with E-state index in [1.54, 1.807) is 36.1 Å². The van der Waals surface area contributed by atoms with Gasteiger partial charge in [0.25, 0.3) is 0 Å². The van der Waals surface area contributed by atoms with E-state index >= 15 is 0 Å². The van der Waals surface area contributed by atoms with E-state index in [0.29, 0.717) is 28.3 Å². The van der Waals surface area contributed by atoms with Crippen molar-refractivity contribution in [3.05, 3.63) is 64.1 Å². The summed E-state index contributed by atoms with van der Waals surface area (Å²) in [5, 5.41) is 4.66. The van der Waals surface area contributed by atoms with Gasteiger partial charge >= 0.3 is 0 Å². The number of Topliss-reactive ketones (excluding diaryl/α,β-unsaturated/α-hetero) is 1. The minimum absolute atomic E-state index is 0.0302. The summed E-state index contributed by atoms with van der Waals surface area (Å²) in [5.41, 5.74) is 11.2. The number of carbonyl (C=O) groups is 1. The smallest absolute Gasteiger partial charge is 0.218 e. The second-order valence-electron chi connectivity index (χ2n) is 6.77. The number of ketones is 1. The van der Waals surface area contributed by atoms with Crippen LogP contribution in [0.1, 0.15) is 15.9 Å². The molecule has 0 aliphatic carbocycles. The monoisotopic (exact) mass is 419 g/mol. The predicted octanol–water partition coefficient (Wildman–Crippen LogP) is 3.91. The van der Waals surface area contributed by atoms with E-state index in [4.69, 9.17) is 28.6 Å². The molecular weight excluding hydrogens is 402 g/mol. The van der Waals surface area contributed by atoms with Gasteiger partial charge in [-0.25, -0.2) is 4.85 Å². The van der Waals surface area contributed by atoms with Crippen LogP contribution in [0.3, 0.4) is 0 Å². The van der Waals surface area contributed by atoms with Gasteiger partial charge in [0.1, 0.15) is 12.3 Å². The molecule has 2 N–H and O–H groups in total. The van der Waals surface area contributed by atoms with Crippen LogP contribution in [0.15, 0.2) is 41.5 Å². The largest absolute Gasteiger partial charge is 0.497 e. The Balaban J connectivity index is 1.92. The lowest BCUT2D eigenvalue weighted by Crippen LogP contribution is -2.24. The summed E-state index contributed by atoms with van der Waals surface area (Å²) in [6, 6.07) is 9.10. The van der Waals surface area contributed by atoms with Crippen molar-refractivity contribution in [1.29, 1.82) is 0 Å². The molecule has 0 bridgehead atoms. The number of ether oxygens (including phenoxy) is 1. The number of hydrogen-bond donors (Lipinski definition) is 1. The van der Waals surface area contributed by atoms with Gasteiger partial charge in [0.05, 0.1) is 36.3 Å². The molecule has 4 rings (SSSR count).